The third-order valence-electron chi connectivity index (χ3n) is 1.89. The predicted molar refractivity (Wildman–Crippen MR) is 64.1 cm³/mol. The van der Waals surface area contributed by atoms with Crippen LogP contribution in [0.3, 0.4) is 0 Å². The lowest BCUT2D eigenvalue weighted by atomic mass is 10.2. The molecular formula is C12H11FN2O4. The maximum Gasteiger partial charge on any atom is 0.331 e. The van der Waals surface area contributed by atoms with Gasteiger partial charge < -0.3 is 10.5 Å². The quantitative estimate of drug-likeness (QED) is 0.615. The molecule has 7 heteroatoms. The van der Waals surface area contributed by atoms with Crippen LogP contribution in [0.4, 0.5) is 9.18 Å². The van der Waals surface area contributed by atoms with Gasteiger partial charge in [-0.1, -0.05) is 12.1 Å². The van der Waals surface area contributed by atoms with Gasteiger partial charge in [0.15, 0.2) is 6.61 Å². The molecule has 3 N–H and O–H groups in total. The van der Waals surface area contributed by atoms with Crippen molar-refractivity contribution in [2.24, 2.45) is 5.73 Å². The van der Waals surface area contributed by atoms with Crippen molar-refractivity contribution < 1.29 is 23.5 Å². The second kappa shape index (κ2) is 6.90. The molecule has 0 aromatic heterocycles. The molecule has 0 heterocycles. The summed E-state index contributed by atoms with van der Waals surface area (Å²) in [5.41, 5.74) is 5.29. The molecule has 0 atom stereocenters. The van der Waals surface area contributed by atoms with E-state index in [2.05, 4.69) is 4.74 Å². The third kappa shape index (κ3) is 5.97. The Hall–Kier alpha value is -2.70. The summed E-state index contributed by atoms with van der Waals surface area (Å²) < 4.78 is 17.1. The average molecular weight is 266 g/mol. The zero-order valence-corrected chi connectivity index (χ0v) is 9.76. The number of nitrogens with two attached hydrogens (primary N) is 1. The van der Waals surface area contributed by atoms with Crippen molar-refractivity contribution in [3.05, 3.63) is 41.7 Å². The van der Waals surface area contributed by atoms with Gasteiger partial charge in [-0.2, -0.15) is 0 Å². The van der Waals surface area contributed by atoms with Gasteiger partial charge in [0, 0.05) is 6.08 Å². The Bertz CT molecular complexity index is 511. The van der Waals surface area contributed by atoms with E-state index in [1.54, 1.807) is 5.32 Å². The van der Waals surface area contributed by atoms with Gasteiger partial charge in [-0.3, -0.25) is 10.1 Å². The zero-order valence-electron chi connectivity index (χ0n) is 9.76. The third-order valence-corrected chi connectivity index (χ3v) is 1.89. The number of nitrogens with one attached hydrogen (secondary N) is 1. The number of esters is 1. The number of hydrogen-bond donors (Lipinski definition) is 2. The minimum Gasteiger partial charge on any atom is -0.452 e. The molecule has 0 fully saturated rings. The fourth-order valence-electron chi connectivity index (χ4n) is 1.10. The second-order valence-electron chi connectivity index (χ2n) is 3.41. The van der Waals surface area contributed by atoms with Crippen molar-refractivity contribution in [3.8, 4) is 0 Å². The molecule has 0 spiro atoms. The van der Waals surface area contributed by atoms with E-state index in [0.29, 0.717) is 5.56 Å². The smallest absolute Gasteiger partial charge is 0.331 e. The molecule has 0 saturated carbocycles. The number of hydrogen-bond acceptors (Lipinski definition) is 4. The van der Waals surface area contributed by atoms with Crippen LogP contribution < -0.4 is 11.1 Å². The van der Waals surface area contributed by atoms with E-state index < -0.39 is 24.5 Å². The number of benzene rings is 1. The molecule has 0 aliphatic rings. The summed E-state index contributed by atoms with van der Waals surface area (Å²) in [6, 6.07) is 4.40. The highest BCUT2D eigenvalue weighted by Gasteiger charge is 2.06. The summed E-state index contributed by atoms with van der Waals surface area (Å²) in [5.74, 6) is -1.98. The van der Waals surface area contributed by atoms with Crippen LogP contribution in [0, 0.1) is 5.82 Å². The average Bonchev–Trinajstić information content (AvgIpc) is 2.35. The molecule has 0 aliphatic heterocycles. The van der Waals surface area contributed by atoms with Crippen LogP contribution in [0.1, 0.15) is 5.56 Å². The predicted octanol–water partition coefficient (Wildman–Crippen LogP) is 0.577. The fraction of sp³-hybridized carbons (Fsp3) is 0.0833. The van der Waals surface area contributed by atoms with Gasteiger partial charge in [0.1, 0.15) is 5.82 Å². The highest BCUT2D eigenvalue weighted by atomic mass is 19.1. The van der Waals surface area contributed by atoms with Crippen LogP contribution in [0.5, 0.6) is 0 Å². The first kappa shape index (κ1) is 14.4. The first-order valence-corrected chi connectivity index (χ1v) is 5.17. The summed E-state index contributed by atoms with van der Waals surface area (Å²) in [4.78, 5) is 32.4. The van der Waals surface area contributed by atoms with Crippen molar-refractivity contribution in [2.75, 3.05) is 6.61 Å². The number of imide groups is 1. The number of rotatable bonds is 4. The Morgan fingerprint density at radius 2 is 1.89 bits per heavy atom. The van der Waals surface area contributed by atoms with Crippen LogP contribution in [-0.4, -0.2) is 24.5 Å². The zero-order chi connectivity index (χ0) is 14.3. The molecular weight excluding hydrogens is 255 g/mol. The molecule has 0 saturated heterocycles. The second-order valence-corrected chi connectivity index (χ2v) is 3.41. The number of primary amides is 1. The Morgan fingerprint density at radius 1 is 1.26 bits per heavy atom. The number of amides is 3. The highest BCUT2D eigenvalue weighted by molar-refractivity contribution is 5.95. The standard InChI is InChI=1S/C12H11FN2O4/c13-9-4-1-8(2-5-9)3-6-11(17)19-7-10(16)15-12(14)18/h1-6H,7H2,(H3,14,15,16,18)/b6-3+. The van der Waals surface area contributed by atoms with Gasteiger partial charge in [-0.25, -0.2) is 14.0 Å². The topological polar surface area (TPSA) is 98.5 Å². The van der Waals surface area contributed by atoms with Crippen molar-refractivity contribution in [1.29, 1.82) is 0 Å². The molecule has 0 aliphatic carbocycles. The Labute approximate surface area is 108 Å². The molecule has 1 aromatic carbocycles. The summed E-state index contributed by atoms with van der Waals surface area (Å²) in [6.45, 7) is -0.616. The lowest BCUT2D eigenvalue weighted by Crippen LogP contribution is -2.37. The van der Waals surface area contributed by atoms with Crippen LogP contribution in [0.15, 0.2) is 30.3 Å². The molecule has 100 valence electrons. The van der Waals surface area contributed by atoms with E-state index >= 15 is 0 Å². The molecule has 19 heavy (non-hydrogen) atoms. The Balaban J connectivity index is 2.40. The van der Waals surface area contributed by atoms with E-state index in [1.165, 1.54) is 30.3 Å². The van der Waals surface area contributed by atoms with Gasteiger partial charge in [0.25, 0.3) is 5.91 Å². The maximum absolute atomic E-state index is 12.6. The monoisotopic (exact) mass is 266 g/mol. The summed E-state index contributed by atoms with van der Waals surface area (Å²) >= 11 is 0. The number of halogens is 1. The largest absolute Gasteiger partial charge is 0.452 e. The van der Waals surface area contributed by atoms with Gasteiger partial charge in [-0.15, -0.1) is 0 Å². The number of carbonyl (C=O) groups is 3. The maximum atomic E-state index is 12.6. The van der Waals surface area contributed by atoms with Crippen molar-refractivity contribution in [2.45, 2.75) is 0 Å². The van der Waals surface area contributed by atoms with Crippen LogP contribution in [0.2, 0.25) is 0 Å². The molecule has 1 rings (SSSR count). The van der Waals surface area contributed by atoms with E-state index in [-0.39, 0.29) is 5.82 Å². The molecule has 0 radical (unpaired) electrons. The first-order chi connectivity index (χ1) is 8.97. The number of ether oxygens (including phenoxy) is 1. The molecule has 0 bridgehead atoms. The Morgan fingerprint density at radius 3 is 2.47 bits per heavy atom. The van der Waals surface area contributed by atoms with Crippen molar-refractivity contribution in [3.63, 3.8) is 0 Å². The number of urea groups is 1. The Kier molecular flexibility index (Phi) is 5.21. The summed E-state index contributed by atoms with van der Waals surface area (Å²) in [5, 5.41) is 1.74. The van der Waals surface area contributed by atoms with Gasteiger partial charge in [0.2, 0.25) is 0 Å². The highest BCUT2D eigenvalue weighted by Crippen LogP contribution is 2.04. The van der Waals surface area contributed by atoms with Gasteiger partial charge in [0.05, 0.1) is 0 Å². The minimum atomic E-state index is -1.03. The molecule has 0 unspecified atom stereocenters. The normalized spacial score (nSPS) is 10.2. The molecule has 1 aromatic rings. The van der Waals surface area contributed by atoms with E-state index in [0.717, 1.165) is 6.08 Å². The van der Waals surface area contributed by atoms with Crippen molar-refractivity contribution in [1.82, 2.24) is 5.32 Å². The number of carbonyl (C=O) groups excluding carboxylic acids is 3. The van der Waals surface area contributed by atoms with Gasteiger partial charge in [-0.05, 0) is 23.8 Å². The fourth-order valence-corrected chi connectivity index (χ4v) is 1.10. The lowest BCUT2D eigenvalue weighted by molar-refractivity contribution is -0.143. The summed E-state index contributed by atoms with van der Waals surface area (Å²) in [7, 11) is 0. The van der Waals surface area contributed by atoms with Gasteiger partial charge >= 0.3 is 12.0 Å². The molecule has 3 amide bonds. The van der Waals surface area contributed by atoms with E-state index in [1.807, 2.05) is 0 Å². The lowest BCUT2D eigenvalue weighted by Gasteiger charge is -2.01. The van der Waals surface area contributed by atoms with Crippen molar-refractivity contribution >= 4 is 24.0 Å². The van der Waals surface area contributed by atoms with Crippen LogP contribution >= 0.6 is 0 Å². The van der Waals surface area contributed by atoms with Crippen LogP contribution in [-0.2, 0) is 14.3 Å². The van der Waals surface area contributed by atoms with E-state index in [4.69, 9.17) is 5.73 Å². The SMILES string of the molecule is NC(=O)NC(=O)COC(=O)/C=C/c1ccc(F)cc1. The first-order valence-electron chi connectivity index (χ1n) is 5.17. The van der Waals surface area contributed by atoms with E-state index in [9.17, 15) is 18.8 Å². The van der Waals surface area contributed by atoms with Crippen LogP contribution in [0.25, 0.3) is 6.08 Å². The molecule has 6 nitrogen and oxygen atoms in total. The summed E-state index contributed by atoms with van der Waals surface area (Å²) in [6.07, 6.45) is 2.47. The minimum absolute atomic E-state index is 0.386.